The van der Waals surface area contributed by atoms with Crippen molar-refractivity contribution in [3.8, 4) is 0 Å². The van der Waals surface area contributed by atoms with Gasteiger partial charge in [0, 0.05) is 30.4 Å². The maximum absolute atomic E-state index is 12.5. The van der Waals surface area contributed by atoms with Gasteiger partial charge in [-0.2, -0.15) is 0 Å². The van der Waals surface area contributed by atoms with Crippen molar-refractivity contribution >= 4 is 39.4 Å². The Bertz CT molecular complexity index is 980. The van der Waals surface area contributed by atoms with Gasteiger partial charge >= 0.3 is 5.97 Å². The minimum absolute atomic E-state index is 0.0637. The molecular formula is C19H18N2O5S. The molecule has 7 nitrogen and oxygen atoms in total. The molecule has 0 saturated carbocycles. The Morgan fingerprint density at radius 3 is 2.30 bits per heavy atom. The number of amides is 1. The van der Waals surface area contributed by atoms with E-state index in [1.54, 1.807) is 29.2 Å². The van der Waals surface area contributed by atoms with Crippen molar-refractivity contribution in [3.05, 3.63) is 60.2 Å². The lowest BCUT2D eigenvalue weighted by atomic mass is 10.2. The first-order valence-corrected chi connectivity index (χ1v) is 9.78. The average Bonchev–Trinajstić information content (AvgIpc) is 3.07. The third kappa shape index (κ3) is 4.53. The van der Waals surface area contributed by atoms with E-state index in [0.717, 1.165) is 18.2 Å². The summed E-state index contributed by atoms with van der Waals surface area (Å²) >= 11 is 0. The van der Waals surface area contributed by atoms with Gasteiger partial charge in [0.25, 0.3) is 10.0 Å². The summed E-state index contributed by atoms with van der Waals surface area (Å²) in [5, 5.41) is 8.61. The van der Waals surface area contributed by atoms with Gasteiger partial charge in [-0.05, 0) is 54.5 Å². The molecule has 2 aromatic carbocycles. The molecule has 1 aliphatic heterocycles. The average molecular weight is 386 g/mol. The summed E-state index contributed by atoms with van der Waals surface area (Å²) in [6.07, 6.45) is 3.72. The molecule has 2 aromatic rings. The van der Waals surface area contributed by atoms with Crippen LogP contribution in [-0.4, -0.2) is 31.9 Å². The molecule has 0 aliphatic carbocycles. The van der Waals surface area contributed by atoms with Crippen LogP contribution in [-0.2, 0) is 19.6 Å². The molecule has 0 unspecified atom stereocenters. The molecule has 1 aliphatic rings. The number of carbonyl (C=O) groups excluding carboxylic acids is 1. The number of hydrogen-bond acceptors (Lipinski definition) is 4. The standard InChI is InChI=1S/C19H18N2O5S/c22-18-2-1-13-21(18)16-8-6-15(7-9-16)20-27(25,26)17-10-3-14(4-11-17)5-12-19(23)24/h3-12,20H,1-2,13H2,(H,23,24)/b12-5+. The van der Waals surface area contributed by atoms with Gasteiger partial charge in [-0.1, -0.05) is 12.1 Å². The van der Waals surface area contributed by atoms with Gasteiger partial charge in [-0.3, -0.25) is 9.52 Å². The summed E-state index contributed by atoms with van der Waals surface area (Å²) in [7, 11) is -3.77. The fourth-order valence-corrected chi connectivity index (χ4v) is 3.83. The number of sulfonamides is 1. The highest BCUT2D eigenvalue weighted by Gasteiger charge is 2.21. The molecule has 0 aromatic heterocycles. The molecule has 27 heavy (non-hydrogen) atoms. The lowest BCUT2D eigenvalue weighted by Crippen LogP contribution is -2.23. The zero-order chi connectivity index (χ0) is 19.4. The SMILES string of the molecule is O=C(O)/C=C/c1ccc(S(=O)(=O)Nc2ccc(N3CCCC3=O)cc2)cc1. The van der Waals surface area contributed by atoms with Gasteiger partial charge in [0.1, 0.15) is 0 Å². The van der Waals surface area contributed by atoms with E-state index < -0.39 is 16.0 Å². The second-order valence-electron chi connectivity index (χ2n) is 6.04. The van der Waals surface area contributed by atoms with Crippen molar-refractivity contribution in [1.29, 1.82) is 0 Å². The Kier molecular flexibility index (Phi) is 5.27. The first kappa shape index (κ1) is 18.7. The molecule has 0 bridgehead atoms. The van der Waals surface area contributed by atoms with Crippen LogP contribution in [0.1, 0.15) is 18.4 Å². The third-order valence-electron chi connectivity index (χ3n) is 4.11. The smallest absolute Gasteiger partial charge is 0.328 e. The predicted octanol–water partition coefficient (Wildman–Crippen LogP) is 2.71. The Morgan fingerprint density at radius 2 is 1.74 bits per heavy atom. The lowest BCUT2D eigenvalue weighted by molar-refractivity contribution is -0.131. The van der Waals surface area contributed by atoms with Gasteiger partial charge in [0.15, 0.2) is 0 Å². The number of nitrogens with zero attached hydrogens (tertiary/aromatic N) is 1. The highest BCUT2D eigenvalue weighted by molar-refractivity contribution is 7.92. The van der Waals surface area contributed by atoms with Crippen molar-refractivity contribution < 1.29 is 23.1 Å². The summed E-state index contributed by atoms with van der Waals surface area (Å²) in [5.74, 6) is -1.01. The fraction of sp³-hybridized carbons (Fsp3) is 0.158. The Labute approximate surface area is 157 Å². The van der Waals surface area contributed by atoms with Crippen molar-refractivity contribution in [2.75, 3.05) is 16.2 Å². The zero-order valence-corrected chi connectivity index (χ0v) is 15.1. The minimum atomic E-state index is -3.77. The van der Waals surface area contributed by atoms with E-state index >= 15 is 0 Å². The number of carboxylic acid groups (broad SMARTS) is 1. The molecule has 1 amide bonds. The van der Waals surface area contributed by atoms with Crippen LogP contribution in [0.5, 0.6) is 0 Å². The highest BCUT2D eigenvalue weighted by atomic mass is 32.2. The van der Waals surface area contributed by atoms with Crippen LogP contribution in [0.15, 0.2) is 59.5 Å². The molecule has 0 spiro atoms. The fourth-order valence-electron chi connectivity index (χ4n) is 2.77. The first-order chi connectivity index (χ1) is 12.8. The number of aliphatic carboxylic acids is 1. The summed E-state index contributed by atoms with van der Waals surface area (Å²) in [6, 6.07) is 12.5. The van der Waals surface area contributed by atoms with E-state index in [1.807, 2.05) is 0 Å². The van der Waals surface area contributed by atoms with Crippen LogP contribution < -0.4 is 9.62 Å². The molecule has 1 saturated heterocycles. The van der Waals surface area contributed by atoms with Gasteiger partial charge in [0.2, 0.25) is 5.91 Å². The quantitative estimate of drug-likeness (QED) is 0.743. The van der Waals surface area contributed by atoms with Crippen molar-refractivity contribution in [2.45, 2.75) is 17.7 Å². The van der Waals surface area contributed by atoms with E-state index in [1.165, 1.54) is 30.3 Å². The maximum Gasteiger partial charge on any atom is 0.328 e. The van der Waals surface area contributed by atoms with Gasteiger partial charge in [-0.25, -0.2) is 13.2 Å². The monoisotopic (exact) mass is 386 g/mol. The first-order valence-electron chi connectivity index (χ1n) is 8.29. The Hall–Kier alpha value is -3.13. The van der Waals surface area contributed by atoms with Crippen molar-refractivity contribution in [3.63, 3.8) is 0 Å². The second-order valence-corrected chi connectivity index (χ2v) is 7.72. The van der Waals surface area contributed by atoms with Crippen molar-refractivity contribution in [1.82, 2.24) is 0 Å². The summed E-state index contributed by atoms with van der Waals surface area (Å²) < 4.78 is 27.5. The molecule has 1 fully saturated rings. The predicted molar refractivity (Wildman–Crippen MR) is 102 cm³/mol. The number of benzene rings is 2. The van der Waals surface area contributed by atoms with E-state index in [9.17, 15) is 18.0 Å². The van der Waals surface area contributed by atoms with E-state index in [-0.39, 0.29) is 10.8 Å². The zero-order valence-electron chi connectivity index (χ0n) is 14.3. The normalized spacial score (nSPS) is 14.7. The number of nitrogens with one attached hydrogen (secondary N) is 1. The van der Waals surface area contributed by atoms with Crippen LogP contribution in [0.4, 0.5) is 11.4 Å². The minimum Gasteiger partial charge on any atom is -0.478 e. The lowest BCUT2D eigenvalue weighted by Gasteiger charge is -2.16. The molecule has 3 rings (SSSR count). The number of carbonyl (C=O) groups is 2. The Morgan fingerprint density at radius 1 is 1.07 bits per heavy atom. The molecule has 140 valence electrons. The number of hydrogen-bond donors (Lipinski definition) is 2. The van der Waals surface area contributed by atoms with Gasteiger partial charge in [0.05, 0.1) is 4.90 Å². The van der Waals surface area contributed by atoms with E-state index in [4.69, 9.17) is 5.11 Å². The van der Waals surface area contributed by atoms with Crippen LogP contribution in [0.2, 0.25) is 0 Å². The number of rotatable bonds is 6. The van der Waals surface area contributed by atoms with Gasteiger partial charge in [-0.15, -0.1) is 0 Å². The van der Waals surface area contributed by atoms with E-state index in [2.05, 4.69) is 4.72 Å². The maximum atomic E-state index is 12.5. The molecule has 1 heterocycles. The molecule has 2 N–H and O–H groups in total. The van der Waals surface area contributed by atoms with E-state index in [0.29, 0.717) is 24.2 Å². The molecule has 0 atom stereocenters. The van der Waals surface area contributed by atoms with Crippen LogP contribution in [0.25, 0.3) is 6.08 Å². The largest absolute Gasteiger partial charge is 0.478 e. The highest BCUT2D eigenvalue weighted by Crippen LogP contribution is 2.24. The topological polar surface area (TPSA) is 104 Å². The molecule has 8 heteroatoms. The van der Waals surface area contributed by atoms with Crippen molar-refractivity contribution in [2.24, 2.45) is 0 Å². The second kappa shape index (κ2) is 7.63. The Balaban J connectivity index is 1.72. The number of anilines is 2. The van der Waals surface area contributed by atoms with Gasteiger partial charge < -0.3 is 10.0 Å². The summed E-state index contributed by atoms with van der Waals surface area (Å²) in [5.41, 5.74) is 1.71. The third-order valence-corrected chi connectivity index (χ3v) is 5.51. The molecule has 0 radical (unpaired) electrons. The summed E-state index contributed by atoms with van der Waals surface area (Å²) in [4.78, 5) is 24.0. The summed E-state index contributed by atoms with van der Waals surface area (Å²) in [6.45, 7) is 0.673. The molecular weight excluding hydrogens is 368 g/mol. The van der Waals surface area contributed by atoms with Crippen LogP contribution >= 0.6 is 0 Å². The van der Waals surface area contributed by atoms with Crippen LogP contribution in [0, 0.1) is 0 Å². The number of carboxylic acids is 1. The van der Waals surface area contributed by atoms with Crippen LogP contribution in [0.3, 0.4) is 0 Å².